The Kier molecular flexibility index (Phi) is 6.77. The van der Waals surface area contributed by atoms with E-state index in [2.05, 4.69) is 5.32 Å². The molecule has 2 aromatic rings. The number of carbonyl (C=O) groups is 2. The molecule has 0 bridgehead atoms. The predicted octanol–water partition coefficient (Wildman–Crippen LogP) is 4.22. The van der Waals surface area contributed by atoms with Crippen LogP contribution in [0.4, 0.5) is 5.69 Å². The highest BCUT2D eigenvalue weighted by Gasteiger charge is 2.40. The van der Waals surface area contributed by atoms with Crippen LogP contribution < -0.4 is 5.32 Å². The Morgan fingerprint density at radius 2 is 1.56 bits per heavy atom. The molecular weight excluding hydrogens is 416 g/mol. The van der Waals surface area contributed by atoms with E-state index in [-0.39, 0.29) is 47.1 Å². The summed E-state index contributed by atoms with van der Waals surface area (Å²) in [6.45, 7) is 7.09. The number of hydrogen-bond acceptors (Lipinski definition) is 8. The summed E-state index contributed by atoms with van der Waals surface area (Å²) in [5.41, 5.74) is 1.63. The summed E-state index contributed by atoms with van der Waals surface area (Å²) in [4.78, 5) is 36.6. The van der Waals surface area contributed by atoms with E-state index in [9.17, 15) is 19.7 Å². The number of ether oxygens (including phenoxy) is 2. The van der Waals surface area contributed by atoms with Crippen molar-refractivity contribution in [2.24, 2.45) is 0 Å². The second-order valence-corrected chi connectivity index (χ2v) is 7.05. The Morgan fingerprint density at radius 1 is 1.00 bits per heavy atom. The van der Waals surface area contributed by atoms with Crippen LogP contribution in [0.25, 0.3) is 11.3 Å². The zero-order valence-electron chi connectivity index (χ0n) is 18.3. The summed E-state index contributed by atoms with van der Waals surface area (Å²) >= 11 is 0. The maximum Gasteiger partial charge on any atom is 0.336 e. The monoisotopic (exact) mass is 440 g/mol. The van der Waals surface area contributed by atoms with Gasteiger partial charge in [0.15, 0.2) is 0 Å². The minimum absolute atomic E-state index is 0.117. The second kappa shape index (κ2) is 9.51. The minimum Gasteiger partial charge on any atom is -0.463 e. The quantitative estimate of drug-likeness (QED) is 0.386. The number of para-hydroxylation sites is 1. The molecule has 1 aromatic heterocycles. The molecule has 0 unspecified atom stereocenters. The van der Waals surface area contributed by atoms with Crippen molar-refractivity contribution >= 4 is 17.6 Å². The summed E-state index contributed by atoms with van der Waals surface area (Å²) in [7, 11) is 0. The second-order valence-electron chi connectivity index (χ2n) is 7.05. The van der Waals surface area contributed by atoms with Crippen molar-refractivity contribution in [2.45, 2.75) is 33.6 Å². The first-order valence-electron chi connectivity index (χ1n) is 10.2. The molecular formula is C23H24N2O7. The summed E-state index contributed by atoms with van der Waals surface area (Å²) in [5, 5.41) is 14.5. The van der Waals surface area contributed by atoms with Crippen LogP contribution in [-0.4, -0.2) is 30.1 Å². The predicted molar refractivity (Wildman–Crippen MR) is 115 cm³/mol. The smallest absolute Gasteiger partial charge is 0.336 e. The van der Waals surface area contributed by atoms with Crippen LogP contribution in [0.15, 0.2) is 63.4 Å². The van der Waals surface area contributed by atoms with E-state index in [1.165, 1.54) is 6.07 Å². The zero-order chi connectivity index (χ0) is 23.4. The van der Waals surface area contributed by atoms with Gasteiger partial charge in [-0.1, -0.05) is 12.1 Å². The molecule has 0 amide bonds. The van der Waals surface area contributed by atoms with Crippen LogP contribution in [0.1, 0.15) is 39.4 Å². The van der Waals surface area contributed by atoms with Gasteiger partial charge in [-0.2, -0.15) is 0 Å². The van der Waals surface area contributed by atoms with E-state index < -0.39 is 22.8 Å². The van der Waals surface area contributed by atoms with Crippen LogP contribution in [0.5, 0.6) is 0 Å². The van der Waals surface area contributed by atoms with Crippen LogP contribution in [-0.2, 0) is 19.1 Å². The van der Waals surface area contributed by atoms with Gasteiger partial charge in [-0.15, -0.1) is 0 Å². The van der Waals surface area contributed by atoms with Gasteiger partial charge in [0.05, 0.1) is 40.8 Å². The Hall–Kier alpha value is -3.88. The lowest BCUT2D eigenvalue weighted by Crippen LogP contribution is -2.32. The SMILES string of the molecule is CCOC(=O)C1=C(C)NC(C)=C(C(=O)OCC)C1c1ccc(-c2ccccc2[N+](=O)[O-])o1. The highest BCUT2D eigenvalue weighted by atomic mass is 16.6. The van der Waals surface area contributed by atoms with Crippen molar-refractivity contribution in [1.82, 2.24) is 5.32 Å². The Morgan fingerprint density at radius 3 is 2.09 bits per heavy atom. The summed E-state index contributed by atoms with van der Waals surface area (Å²) < 4.78 is 16.5. The molecule has 1 N–H and O–H groups in total. The third-order valence-corrected chi connectivity index (χ3v) is 5.03. The Balaban J connectivity index is 2.16. The van der Waals surface area contributed by atoms with Crippen molar-refractivity contribution in [1.29, 1.82) is 0 Å². The molecule has 9 heteroatoms. The molecule has 9 nitrogen and oxygen atoms in total. The molecule has 3 rings (SSSR count). The van der Waals surface area contributed by atoms with Crippen molar-refractivity contribution < 1.29 is 28.4 Å². The molecule has 0 fully saturated rings. The fraction of sp³-hybridized carbons (Fsp3) is 0.304. The number of benzene rings is 1. The summed E-state index contributed by atoms with van der Waals surface area (Å²) in [6.07, 6.45) is 0. The van der Waals surface area contributed by atoms with Crippen LogP contribution in [0, 0.1) is 10.1 Å². The van der Waals surface area contributed by atoms with Gasteiger partial charge in [0.25, 0.3) is 5.69 Å². The number of nitrogens with one attached hydrogen (secondary N) is 1. The van der Waals surface area contributed by atoms with Gasteiger partial charge in [-0.25, -0.2) is 9.59 Å². The van der Waals surface area contributed by atoms with Gasteiger partial charge in [0.1, 0.15) is 11.5 Å². The molecule has 0 radical (unpaired) electrons. The molecule has 32 heavy (non-hydrogen) atoms. The largest absolute Gasteiger partial charge is 0.463 e. The number of rotatable bonds is 7. The highest BCUT2D eigenvalue weighted by molar-refractivity contribution is 5.99. The van der Waals surface area contributed by atoms with Crippen LogP contribution in [0.3, 0.4) is 0 Å². The third-order valence-electron chi connectivity index (χ3n) is 5.03. The third kappa shape index (κ3) is 4.27. The lowest BCUT2D eigenvalue weighted by Gasteiger charge is -2.28. The summed E-state index contributed by atoms with van der Waals surface area (Å²) in [5.74, 6) is -1.58. The zero-order valence-corrected chi connectivity index (χ0v) is 18.3. The molecule has 0 atom stereocenters. The maximum atomic E-state index is 12.8. The minimum atomic E-state index is -0.897. The van der Waals surface area contributed by atoms with E-state index >= 15 is 0 Å². The fourth-order valence-electron chi connectivity index (χ4n) is 3.73. The number of hydrogen-bond donors (Lipinski definition) is 1. The number of carbonyl (C=O) groups excluding carboxylic acids is 2. The van der Waals surface area contributed by atoms with Crippen LogP contribution in [0.2, 0.25) is 0 Å². The van der Waals surface area contributed by atoms with E-state index in [1.54, 1.807) is 58.0 Å². The molecule has 1 aliphatic rings. The van der Waals surface area contributed by atoms with Crippen molar-refractivity contribution in [2.75, 3.05) is 13.2 Å². The van der Waals surface area contributed by atoms with Gasteiger partial charge in [0.2, 0.25) is 0 Å². The molecule has 0 saturated carbocycles. The van der Waals surface area contributed by atoms with E-state index in [0.29, 0.717) is 11.4 Å². The molecule has 2 heterocycles. The Bertz CT molecular complexity index is 1090. The number of allylic oxidation sites excluding steroid dienone is 2. The standard InChI is InChI=1S/C23H24N2O7/c1-5-30-22(26)19-13(3)24-14(4)20(23(27)31-6-2)21(19)18-12-11-17(32-18)15-9-7-8-10-16(15)25(28)29/h7-12,21,24H,5-6H2,1-4H3. The first kappa shape index (κ1) is 22.8. The van der Waals surface area contributed by atoms with E-state index in [4.69, 9.17) is 13.9 Å². The molecule has 0 saturated heterocycles. The molecule has 1 aliphatic heterocycles. The number of furan rings is 1. The Labute approximate surface area is 184 Å². The summed E-state index contributed by atoms with van der Waals surface area (Å²) in [6, 6.07) is 9.36. The van der Waals surface area contributed by atoms with Gasteiger partial charge >= 0.3 is 11.9 Å². The molecule has 0 spiro atoms. The van der Waals surface area contributed by atoms with E-state index in [0.717, 1.165) is 0 Å². The first-order valence-corrected chi connectivity index (χ1v) is 10.2. The topological polar surface area (TPSA) is 121 Å². The van der Waals surface area contributed by atoms with Gasteiger partial charge in [0, 0.05) is 17.5 Å². The number of nitro groups is 1. The highest BCUT2D eigenvalue weighted by Crippen LogP contribution is 2.42. The maximum absolute atomic E-state index is 12.8. The number of esters is 2. The van der Waals surface area contributed by atoms with Crippen LogP contribution >= 0.6 is 0 Å². The van der Waals surface area contributed by atoms with E-state index in [1.807, 2.05) is 0 Å². The number of nitrogens with zero attached hydrogens (tertiary/aromatic N) is 1. The lowest BCUT2D eigenvalue weighted by atomic mass is 9.83. The van der Waals surface area contributed by atoms with Crippen molar-refractivity contribution in [3.05, 3.63) is 74.8 Å². The normalized spacial score (nSPS) is 14.2. The fourth-order valence-corrected chi connectivity index (χ4v) is 3.73. The van der Waals surface area contributed by atoms with Crippen molar-refractivity contribution in [3.8, 4) is 11.3 Å². The van der Waals surface area contributed by atoms with Crippen molar-refractivity contribution in [3.63, 3.8) is 0 Å². The average Bonchev–Trinajstić information content (AvgIpc) is 3.23. The van der Waals surface area contributed by atoms with Gasteiger partial charge in [-0.05, 0) is 45.9 Å². The first-order chi connectivity index (χ1) is 15.3. The number of dihydropyridines is 1. The molecule has 168 valence electrons. The lowest BCUT2D eigenvalue weighted by molar-refractivity contribution is -0.384. The van der Waals surface area contributed by atoms with Gasteiger partial charge in [-0.3, -0.25) is 10.1 Å². The number of nitro benzene ring substituents is 1. The molecule has 1 aromatic carbocycles. The van der Waals surface area contributed by atoms with Gasteiger partial charge < -0.3 is 19.2 Å². The average molecular weight is 440 g/mol. The molecule has 0 aliphatic carbocycles.